The summed E-state index contributed by atoms with van der Waals surface area (Å²) in [4.78, 5) is 4.43. The maximum absolute atomic E-state index is 10.7. The third-order valence-electron chi connectivity index (χ3n) is 5.36. The van der Waals surface area contributed by atoms with E-state index >= 15 is 0 Å². The molecule has 2 aliphatic rings. The number of aliphatic hydroxyl groups is 1. The van der Waals surface area contributed by atoms with Gasteiger partial charge in [-0.25, -0.2) is 0 Å². The van der Waals surface area contributed by atoms with E-state index in [0.717, 1.165) is 5.69 Å². The quantitative estimate of drug-likeness (QED) is 0.935. The summed E-state index contributed by atoms with van der Waals surface area (Å²) < 4.78 is 0. The Morgan fingerprint density at radius 3 is 2.95 bits per heavy atom. The zero-order chi connectivity index (χ0) is 14.4. The van der Waals surface area contributed by atoms with Crippen molar-refractivity contribution < 1.29 is 5.11 Å². The van der Waals surface area contributed by atoms with Crippen LogP contribution < -0.4 is 0 Å². The number of aryl methyl sites for hydroxylation is 2. The largest absolute Gasteiger partial charge is 0.392 e. The van der Waals surface area contributed by atoms with Crippen molar-refractivity contribution in [2.45, 2.75) is 38.2 Å². The van der Waals surface area contributed by atoms with Crippen molar-refractivity contribution in [2.24, 2.45) is 11.8 Å². The first kappa shape index (κ1) is 13.0. The van der Waals surface area contributed by atoms with E-state index in [4.69, 9.17) is 0 Å². The minimum atomic E-state index is -0.264. The van der Waals surface area contributed by atoms with Gasteiger partial charge in [0.1, 0.15) is 0 Å². The molecule has 21 heavy (non-hydrogen) atoms. The monoisotopic (exact) mass is 279 g/mol. The standard InChI is InChI=1S/C19H21NO/c1-12-5-4-10-20-16(12)11-17(21)19-15-9-8-13-6-2-3-7-14(13)18(15)19/h2-7,10,15,17-19,21H,8-9,11H2,1H3. The lowest BCUT2D eigenvalue weighted by atomic mass is 9.92. The van der Waals surface area contributed by atoms with Crippen LogP contribution in [0.5, 0.6) is 0 Å². The van der Waals surface area contributed by atoms with Gasteiger partial charge in [-0.3, -0.25) is 4.98 Å². The summed E-state index contributed by atoms with van der Waals surface area (Å²) >= 11 is 0. The highest BCUT2D eigenvalue weighted by Crippen LogP contribution is 2.61. The molecule has 1 saturated carbocycles. The number of hydrogen-bond acceptors (Lipinski definition) is 2. The molecule has 1 aromatic heterocycles. The van der Waals surface area contributed by atoms with Gasteiger partial charge in [0.15, 0.2) is 0 Å². The van der Waals surface area contributed by atoms with Crippen LogP contribution >= 0.6 is 0 Å². The van der Waals surface area contributed by atoms with Crippen molar-refractivity contribution in [1.82, 2.24) is 4.98 Å². The van der Waals surface area contributed by atoms with Gasteiger partial charge in [-0.15, -0.1) is 0 Å². The summed E-state index contributed by atoms with van der Waals surface area (Å²) in [5.41, 5.74) is 5.19. The van der Waals surface area contributed by atoms with E-state index in [1.54, 1.807) is 0 Å². The van der Waals surface area contributed by atoms with Crippen LogP contribution in [0.15, 0.2) is 42.6 Å². The summed E-state index contributed by atoms with van der Waals surface area (Å²) in [6.07, 6.45) is 4.64. The highest BCUT2D eigenvalue weighted by molar-refractivity contribution is 5.40. The van der Waals surface area contributed by atoms with E-state index in [2.05, 4.69) is 42.2 Å². The SMILES string of the molecule is Cc1cccnc1CC(O)C1C2CCc3ccccc3C21. The van der Waals surface area contributed by atoms with Gasteiger partial charge < -0.3 is 5.11 Å². The molecule has 4 atom stereocenters. The van der Waals surface area contributed by atoms with Crippen molar-refractivity contribution in [3.63, 3.8) is 0 Å². The third-order valence-corrected chi connectivity index (χ3v) is 5.36. The van der Waals surface area contributed by atoms with Gasteiger partial charge in [0.2, 0.25) is 0 Å². The number of nitrogens with zero attached hydrogens (tertiary/aromatic N) is 1. The number of fused-ring (bicyclic) bond motifs is 3. The van der Waals surface area contributed by atoms with Gasteiger partial charge >= 0.3 is 0 Å². The lowest BCUT2D eigenvalue weighted by Crippen LogP contribution is -2.16. The van der Waals surface area contributed by atoms with Gasteiger partial charge in [-0.05, 0) is 60.3 Å². The molecule has 0 bridgehead atoms. The molecule has 1 heterocycles. The van der Waals surface area contributed by atoms with Crippen molar-refractivity contribution in [1.29, 1.82) is 0 Å². The summed E-state index contributed by atoms with van der Waals surface area (Å²) in [7, 11) is 0. The molecule has 1 fully saturated rings. The molecule has 2 heteroatoms. The Morgan fingerprint density at radius 1 is 1.24 bits per heavy atom. The third kappa shape index (κ3) is 2.18. The topological polar surface area (TPSA) is 33.1 Å². The zero-order valence-electron chi connectivity index (χ0n) is 12.4. The molecular weight excluding hydrogens is 258 g/mol. The lowest BCUT2D eigenvalue weighted by molar-refractivity contribution is 0.142. The summed E-state index contributed by atoms with van der Waals surface area (Å²) in [6.45, 7) is 2.07. The summed E-state index contributed by atoms with van der Waals surface area (Å²) in [5, 5.41) is 10.7. The van der Waals surface area contributed by atoms with Gasteiger partial charge in [-0.2, -0.15) is 0 Å². The maximum Gasteiger partial charge on any atom is 0.0632 e. The van der Waals surface area contributed by atoms with Crippen molar-refractivity contribution in [3.05, 3.63) is 65.0 Å². The zero-order valence-corrected chi connectivity index (χ0v) is 12.4. The molecule has 1 N–H and O–H groups in total. The molecular formula is C19H21NO. The van der Waals surface area contributed by atoms with Crippen molar-refractivity contribution in [3.8, 4) is 0 Å². The Bertz CT molecular complexity index is 666. The molecule has 0 saturated heterocycles. The molecule has 2 nitrogen and oxygen atoms in total. The van der Waals surface area contributed by atoms with E-state index in [1.165, 1.54) is 29.5 Å². The molecule has 108 valence electrons. The van der Waals surface area contributed by atoms with Gasteiger partial charge in [0.05, 0.1) is 6.10 Å². The van der Waals surface area contributed by atoms with E-state index in [1.807, 2.05) is 12.3 Å². The van der Waals surface area contributed by atoms with Crippen LogP contribution in [0.25, 0.3) is 0 Å². The summed E-state index contributed by atoms with van der Waals surface area (Å²) in [6, 6.07) is 12.8. The molecule has 4 unspecified atom stereocenters. The van der Waals surface area contributed by atoms with E-state index in [-0.39, 0.29) is 6.10 Å². The second-order valence-corrected chi connectivity index (χ2v) is 6.54. The molecule has 4 rings (SSSR count). The first-order chi connectivity index (χ1) is 10.3. The number of hydrogen-bond donors (Lipinski definition) is 1. The molecule has 2 aromatic rings. The fourth-order valence-electron chi connectivity index (χ4n) is 4.21. The normalized spacial score (nSPS) is 27.6. The molecule has 2 aliphatic carbocycles. The van der Waals surface area contributed by atoms with Gasteiger partial charge in [0.25, 0.3) is 0 Å². The molecule has 1 aromatic carbocycles. The number of pyridine rings is 1. The fraction of sp³-hybridized carbons (Fsp3) is 0.421. The van der Waals surface area contributed by atoms with Crippen LogP contribution in [-0.4, -0.2) is 16.2 Å². The van der Waals surface area contributed by atoms with E-state index in [9.17, 15) is 5.11 Å². The molecule has 0 spiro atoms. The Labute approximate surface area is 125 Å². The Morgan fingerprint density at radius 2 is 2.10 bits per heavy atom. The minimum absolute atomic E-state index is 0.264. The predicted octanol–water partition coefficient (Wildman–Crippen LogP) is 3.27. The van der Waals surface area contributed by atoms with Crippen LogP contribution in [-0.2, 0) is 12.8 Å². The van der Waals surface area contributed by atoms with Crippen LogP contribution in [0.4, 0.5) is 0 Å². The Kier molecular flexibility index (Phi) is 3.07. The second kappa shape index (κ2) is 4.96. The average molecular weight is 279 g/mol. The van der Waals surface area contributed by atoms with Gasteiger partial charge in [0, 0.05) is 18.3 Å². The van der Waals surface area contributed by atoms with Gasteiger partial charge in [-0.1, -0.05) is 30.3 Å². The highest BCUT2D eigenvalue weighted by atomic mass is 16.3. The first-order valence-corrected chi connectivity index (χ1v) is 7.92. The molecule has 0 aliphatic heterocycles. The van der Waals surface area contributed by atoms with E-state index in [0.29, 0.717) is 24.2 Å². The predicted molar refractivity (Wildman–Crippen MR) is 83.2 cm³/mol. The van der Waals surface area contributed by atoms with Crippen LogP contribution in [0.2, 0.25) is 0 Å². The van der Waals surface area contributed by atoms with E-state index < -0.39 is 0 Å². The number of aromatic nitrogens is 1. The van der Waals surface area contributed by atoms with Crippen LogP contribution in [0.3, 0.4) is 0 Å². The lowest BCUT2D eigenvalue weighted by Gasteiger charge is -2.13. The summed E-state index contributed by atoms with van der Waals surface area (Å²) in [5.74, 6) is 1.68. The average Bonchev–Trinajstić information content (AvgIpc) is 3.24. The van der Waals surface area contributed by atoms with Crippen molar-refractivity contribution >= 4 is 0 Å². The van der Waals surface area contributed by atoms with Crippen LogP contribution in [0.1, 0.15) is 34.7 Å². The van der Waals surface area contributed by atoms with Crippen LogP contribution in [0, 0.1) is 18.8 Å². The van der Waals surface area contributed by atoms with Crippen molar-refractivity contribution in [2.75, 3.05) is 0 Å². The molecule has 0 amide bonds. The number of aliphatic hydroxyl groups excluding tert-OH is 1. The fourth-order valence-corrected chi connectivity index (χ4v) is 4.21. The Hall–Kier alpha value is -1.67. The second-order valence-electron chi connectivity index (χ2n) is 6.54. The minimum Gasteiger partial charge on any atom is -0.392 e. The molecule has 0 radical (unpaired) electrons. The maximum atomic E-state index is 10.7. The number of rotatable bonds is 3. The highest BCUT2D eigenvalue weighted by Gasteiger charge is 2.55. The smallest absolute Gasteiger partial charge is 0.0632 e. The Balaban J connectivity index is 1.53. The number of benzene rings is 1. The first-order valence-electron chi connectivity index (χ1n) is 7.92.